The van der Waals surface area contributed by atoms with Gasteiger partial charge in [-0.2, -0.15) is 0 Å². The van der Waals surface area contributed by atoms with Crippen LogP contribution in [0.2, 0.25) is 0 Å². The number of nitrogens with one attached hydrogen (secondary N) is 1. The minimum absolute atomic E-state index is 0.239. The summed E-state index contributed by atoms with van der Waals surface area (Å²) in [4.78, 5) is 0. The fourth-order valence-corrected chi connectivity index (χ4v) is 2.13. The van der Waals surface area contributed by atoms with E-state index in [2.05, 4.69) is 5.32 Å². The average Bonchev–Trinajstić information content (AvgIpc) is 2.46. The molecule has 4 heteroatoms. The number of hydrogen-bond donors (Lipinski definition) is 3. The molecular weight excluding hydrogens is 254 g/mol. The average molecular weight is 281 g/mol. The predicted octanol–water partition coefficient (Wildman–Crippen LogP) is 2.04. The molecular formula is C16H27NO3. The van der Waals surface area contributed by atoms with Crippen LogP contribution in [0.15, 0.2) is 18.2 Å². The molecule has 0 aliphatic heterocycles. The van der Waals surface area contributed by atoms with E-state index in [4.69, 9.17) is 9.84 Å². The Morgan fingerprint density at radius 3 is 2.75 bits per heavy atom. The molecule has 1 rings (SSSR count). The molecule has 0 amide bonds. The maximum Gasteiger partial charge on any atom is 0.124 e. The van der Waals surface area contributed by atoms with Crippen molar-refractivity contribution in [1.29, 1.82) is 0 Å². The number of hydrogen-bond acceptors (Lipinski definition) is 4. The molecule has 0 saturated heterocycles. The second kappa shape index (κ2) is 8.95. The second-order valence-electron chi connectivity index (χ2n) is 5.40. The van der Waals surface area contributed by atoms with Gasteiger partial charge in [0.1, 0.15) is 5.75 Å². The summed E-state index contributed by atoms with van der Waals surface area (Å²) >= 11 is 0. The van der Waals surface area contributed by atoms with Crippen molar-refractivity contribution < 1.29 is 14.9 Å². The smallest absolute Gasteiger partial charge is 0.124 e. The molecule has 1 aromatic carbocycles. The van der Waals surface area contributed by atoms with Gasteiger partial charge in [-0.3, -0.25) is 0 Å². The molecule has 1 aromatic rings. The van der Waals surface area contributed by atoms with Crippen molar-refractivity contribution in [2.45, 2.75) is 32.8 Å². The first-order valence-electron chi connectivity index (χ1n) is 7.22. The normalized spacial score (nSPS) is 14.1. The number of aryl methyl sites for hydroxylation is 1. The topological polar surface area (TPSA) is 61.7 Å². The van der Waals surface area contributed by atoms with Gasteiger partial charge < -0.3 is 20.3 Å². The van der Waals surface area contributed by atoms with Crippen LogP contribution in [0.25, 0.3) is 0 Å². The Morgan fingerprint density at radius 2 is 2.10 bits per heavy atom. The summed E-state index contributed by atoms with van der Waals surface area (Å²) in [6, 6.07) is 5.81. The van der Waals surface area contributed by atoms with Gasteiger partial charge >= 0.3 is 0 Å². The van der Waals surface area contributed by atoms with Crippen LogP contribution >= 0.6 is 0 Å². The first-order chi connectivity index (χ1) is 9.58. The van der Waals surface area contributed by atoms with Gasteiger partial charge in [0.25, 0.3) is 0 Å². The number of aliphatic hydroxyl groups is 2. The van der Waals surface area contributed by atoms with Crippen molar-refractivity contribution >= 4 is 0 Å². The van der Waals surface area contributed by atoms with Crippen LogP contribution in [-0.4, -0.2) is 37.0 Å². The Morgan fingerprint density at radius 1 is 1.35 bits per heavy atom. The summed E-state index contributed by atoms with van der Waals surface area (Å²) in [7, 11) is 1.62. The van der Waals surface area contributed by atoms with Gasteiger partial charge in [-0.25, -0.2) is 0 Å². The molecule has 0 aliphatic carbocycles. The molecule has 0 aliphatic rings. The highest BCUT2D eigenvalue weighted by atomic mass is 16.5. The Bertz CT molecular complexity index is 395. The lowest BCUT2D eigenvalue weighted by Gasteiger charge is -2.16. The summed E-state index contributed by atoms with van der Waals surface area (Å²) in [5.41, 5.74) is 1.93. The minimum atomic E-state index is -0.569. The zero-order chi connectivity index (χ0) is 15.0. The number of methoxy groups -OCH3 is 1. The first kappa shape index (κ1) is 17.0. The predicted molar refractivity (Wildman–Crippen MR) is 81.0 cm³/mol. The lowest BCUT2D eigenvalue weighted by atomic mass is 10.0. The van der Waals surface area contributed by atoms with Crippen LogP contribution in [0.1, 0.15) is 37.0 Å². The van der Waals surface area contributed by atoms with Crippen LogP contribution < -0.4 is 10.1 Å². The first-order valence-corrected chi connectivity index (χ1v) is 7.22. The standard InChI is InChI=1S/C16H27NO3/c1-12-6-7-16(20-3)14(9-12)15(19)10-17-8-4-5-13(2)11-18/h6-7,9,13,15,17-19H,4-5,8,10-11H2,1-3H3. The van der Waals surface area contributed by atoms with Crippen LogP contribution in [-0.2, 0) is 0 Å². The maximum atomic E-state index is 10.2. The highest BCUT2D eigenvalue weighted by molar-refractivity contribution is 5.38. The zero-order valence-corrected chi connectivity index (χ0v) is 12.7. The van der Waals surface area contributed by atoms with E-state index in [1.807, 2.05) is 32.0 Å². The van der Waals surface area contributed by atoms with Crippen LogP contribution in [0.4, 0.5) is 0 Å². The summed E-state index contributed by atoms with van der Waals surface area (Å²) < 4.78 is 5.28. The van der Waals surface area contributed by atoms with Crippen molar-refractivity contribution in [3.05, 3.63) is 29.3 Å². The molecule has 0 heterocycles. The lowest BCUT2D eigenvalue weighted by Crippen LogP contribution is -2.23. The van der Waals surface area contributed by atoms with Gasteiger partial charge in [0, 0.05) is 18.7 Å². The fourth-order valence-electron chi connectivity index (χ4n) is 2.13. The number of ether oxygens (including phenoxy) is 1. The molecule has 2 unspecified atom stereocenters. The number of benzene rings is 1. The molecule has 0 aromatic heterocycles. The van der Waals surface area contributed by atoms with E-state index in [1.54, 1.807) is 7.11 Å². The van der Waals surface area contributed by atoms with Gasteiger partial charge in [0.05, 0.1) is 13.2 Å². The van der Waals surface area contributed by atoms with Crippen molar-refractivity contribution in [3.63, 3.8) is 0 Å². The third-order valence-electron chi connectivity index (χ3n) is 3.44. The minimum Gasteiger partial charge on any atom is -0.496 e. The molecule has 114 valence electrons. The Hall–Kier alpha value is -1.10. The molecule has 4 nitrogen and oxygen atoms in total. The largest absolute Gasteiger partial charge is 0.496 e. The molecule has 0 spiro atoms. The van der Waals surface area contributed by atoms with Crippen LogP contribution in [0.5, 0.6) is 5.75 Å². The summed E-state index contributed by atoms with van der Waals surface area (Å²) in [6.45, 7) is 5.62. The Balaban J connectivity index is 2.39. The molecule has 3 N–H and O–H groups in total. The van der Waals surface area contributed by atoms with Gasteiger partial charge in [-0.15, -0.1) is 0 Å². The summed E-state index contributed by atoms with van der Waals surface area (Å²) in [5.74, 6) is 1.07. The Kier molecular flexibility index (Phi) is 7.59. The van der Waals surface area contributed by atoms with Crippen molar-refractivity contribution in [3.8, 4) is 5.75 Å². The van der Waals surface area contributed by atoms with E-state index < -0.39 is 6.10 Å². The summed E-state index contributed by atoms with van der Waals surface area (Å²) in [6.07, 6.45) is 1.42. The lowest BCUT2D eigenvalue weighted by molar-refractivity contribution is 0.169. The third-order valence-corrected chi connectivity index (χ3v) is 3.44. The van der Waals surface area contributed by atoms with E-state index in [0.29, 0.717) is 12.5 Å². The quantitative estimate of drug-likeness (QED) is 0.606. The van der Waals surface area contributed by atoms with Crippen LogP contribution in [0.3, 0.4) is 0 Å². The van der Waals surface area contributed by atoms with Gasteiger partial charge in [0.2, 0.25) is 0 Å². The molecule has 0 saturated carbocycles. The number of aliphatic hydroxyl groups excluding tert-OH is 2. The zero-order valence-electron chi connectivity index (χ0n) is 12.7. The van der Waals surface area contributed by atoms with Crippen LogP contribution in [0, 0.1) is 12.8 Å². The third kappa shape index (κ3) is 5.49. The van der Waals surface area contributed by atoms with E-state index in [1.165, 1.54) is 0 Å². The SMILES string of the molecule is COc1ccc(C)cc1C(O)CNCCCC(C)CO. The van der Waals surface area contributed by atoms with Crippen molar-refractivity contribution in [2.24, 2.45) is 5.92 Å². The number of rotatable bonds is 9. The molecule has 0 bridgehead atoms. The van der Waals surface area contributed by atoms with Gasteiger partial charge in [-0.05, 0) is 44.4 Å². The molecule has 20 heavy (non-hydrogen) atoms. The second-order valence-corrected chi connectivity index (χ2v) is 5.40. The van der Waals surface area contributed by atoms with Crippen molar-refractivity contribution in [2.75, 3.05) is 26.8 Å². The highest BCUT2D eigenvalue weighted by Crippen LogP contribution is 2.25. The van der Waals surface area contributed by atoms with Crippen molar-refractivity contribution in [1.82, 2.24) is 5.32 Å². The fraction of sp³-hybridized carbons (Fsp3) is 0.625. The van der Waals surface area contributed by atoms with E-state index in [9.17, 15) is 5.11 Å². The highest BCUT2D eigenvalue weighted by Gasteiger charge is 2.13. The molecule has 0 fully saturated rings. The monoisotopic (exact) mass is 281 g/mol. The molecule has 0 radical (unpaired) electrons. The van der Waals surface area contributed by atoms with E-state index in [-0.39, 0.29) is 6.61 Å². The van der Waals surface area contributed by atoms with Gasteiger partial charge in [-0.1, -0.05) is 18.6 Å². The summed E-state index contributed by atoms with van der Waals surface area (Å²) in [5, 5.41) is 22.4. The molecule has 2 atom stereocenters. The maximum absolute atomic E-state index is 10.2. The van der Waals surface area contributed by atoms with E-state index in [0.717, 1.165) is 36.3 Å². The van der Waals surface area contributed by atoms with Gasteiger partial charge in [0.15, 0.2) is 0 Å². The van der Waals surface area contributed by atoms with E-state index >= 15 is 0 Å². The Labute approximate surface area is 121 Å².